The van der Waals surface area contributed by atoms with Crippen LogP contribution in [0.4, 0.5) is 0 Å². The number of aliphatic imine (C=N–C) groups is 1. The van der Waals surface area contributed by atoms with E-state index in [0.717, 1.165) is 6.42 Å². The third kappa shape index (κ3) is 5.57. The highest BCUT2D eigenvalue weighted by molar-refractivity contribution is 6.08. The molecule has 1 saturated carbocycles. The molecule has 0 radical (unpaired) electrons. The summed E-state index contributed by atoms with van der Waals surface area (Å²) in [6.07, 6.45) is 2.25. The van der Waals surface area contributed by atoms with Gasteiger partial charge in [0, 0.05) is 11.3 Å². The van der Waals surface area contributed by atoms with Gasteiger partial charge in [-0.3, -0.25) is 9.79 Å². The lowest BCUT2D eigenvalue weighted by molar-refractivity contribution is -0.152. The van der Waals surface area contributed by atoms with Crippen LogP contribution in [0, 0.1) is 0 Å². The normalized spacial score (nSPS) is 19.5. The fourth-order valence-electron chi connectivity index (χ4n) is 2.06. The van der Waals surface area contributed by atoms with Crippen LogP contribution in [0.3, 0.4) is 0 Å². The zero-order valence-electron chi connectivity index (χ0n) is 13.2. The van der Waals surface area contributed by atoms with Gasteiger partial charge in [-0.05, 0) is 47.0 Å². The summed E-state index contributed by atoms with van der Waals surface area (Å²) in [5.41, 5.74) is 6.77. The summed E-state index contributed by atoms with van der Waals surface area (Å²) < 4.78 is 10.1. The zero-order chi connectivity index (χ0) is 16.0. The largest absolute Gasteiger partial charge is 0.461 e. The number of nitrogens with two attached hydrogens (primary N) is 1. The van der Waals surface area contributed by atoms with E-state index in [-0.39, 0.29) is 18.8 Å². The Morgan fingerprint density at radius 3 is 2.52 bits per heavy atom. The minimum Gasteiger partial charge on any atom is -0.461 e. The average Bonchev–Trinajstić information content (AvgIpc) is 2.81. The van der Waals surface area contributed by atoms with Gasteiger partial charge in [0.1, 0.15) is 17.8 Å². The van der Waals surface area contributed by atoms with Gasteiger partial charge in [-0.15, -0.1) is 0 Å². The molecule has 0 atom stereocenters. The highest BCUT2D eigenvalue weighted by Crippen LogP contribution is 2.24. The number of carbonyl (C=O) groups is 2. The second-order valence-corrected chi connectivity index (χ2v) is 5.82. The molecule has 0 amide bonds. The maximum Gasteiger partial charge on any atom is 0.354 e. The smallest absolute Gasteiger partial charge is 0.354 e. The van der Waals surface area contributed by atoms with E-state index in [2.05, 4.69) is 4.99 Å². The van der Waals surface area contributed by atoms with Crippen LogP contribution in [0.2, 0.25) is 0 Å². The molecule has 6 heteroatoms. The number of rotatable bonds is 4. The molecule has 2 N–H and O–H groups in total. The SMILES string of the molecule is CCOC(=O)/C(N)=C1\CCCC1=NCC(=O)OC(C)(C)C. The topological polar surface area (TPSA) is 91.0 Å². The predicted octanol–water partition coefficient (Wildman–Crippen LogP) is 1.73. The molecule has 0 aromatic carbocycles. The van der Waals surface area contributed by atoms with E-state index in [1.807, 2.05) is 0 Å². The number of allylic oxidation sites excluding steroid dienone is 1. The second kappa shape index (κ2) is 7.24. The number of hydrogen-bond acceptors (Lipinski definition) is 6. The van der Waals surface area contributed by atoms with Crippen LogP contribution in [0.25, 0.3) is 0 Å². The summed E-state index contributed by atoms with van der Waals surface area (Å²) in [5, 5.41) is 0. The maximum atomic E-state index is 11.7. The van der Waals surface area contributed by atoms with Crippen LogP contribution < -0.4 is 5.73 Å². The van der Waals surface area contributed by atoms with Gasteiger partial charge in [0.2, 0.25) is 0 Å². The fraction of sp³-hybridized carbons (Fsp3) is 0.667. The Morgan fingerprint density at radius 2 is 1.95 bits per heavy atom. The standard InChI is InChI=1S/C15H24N2O4/c1-5-20-14(19)13(16)10-7-6-8-11(10)17-9-12(18)21-15(2,3)4/h5-9,16H2,1-4H3/b13-10-,17-11?. The lowest BCUT2D eigenvalue weighted by Crippen LogP contribution is -2.25. The minimum absolute atomic E-state index is 0.0633. The molecule has 1 aliphatic rings. The molecular weight excluding hydrogens is 272 g/mol. The molecule has 6 nitrogen and oxygen atoms in total. The van der Waals surface area contributed by atoms with Gasteiger partial charge < -0.3 is 15.2 Å². The number of esters is 2. The van der Waals surface area contributed by atoms with Crippen molar-refractivity contribution in [1.29, 1.82) is 0 Å². The van der Waals surface area contributed by atoms with Crippen LogP contribution in [0.1, 0.15) is 47.0 Å². The molecule has 0 aromatic rings. The van der Waals surface area contributed by atoms with Crippen molar-refractivity contribution in [1.82, 2.24) is 0 Å². The molecule has 0 aromatic heterocycles. The first-order valence-electron chi connectivity index (χ1n) is 7.16. The molecule has 0 saturated heterocycles. The molecule has 0 unspecified atom stereocenters. The molecule has 0 spiro atoms. The molecule has 21 heavy (non-hydrogen) atoms. The first-order chi connectivity index (χ1) is 9.74. The Hall–Kier alpha value is -1.85. The van der Waals surface area contributed by atoms with E-state index < -0.39 is 17.5 Å². The highest BCUT2D eigenvalue weighted by Gasteiger charge is 2.23. The van der Waals surface area contributed by atoms with Crippen molar-refractivity contribution in [2.45, 2.75) is 52.6 Å². The Labute approximate surface area is 125 Å². The summed E-state index contributed by atoms with van der Waals surface area (Å²) >= 11 is 0. The molecule has 1 fully saturated rings. The number of nitrogens with zero attached hydrogens (tertiary/aromatic N) is 1. The third-order valence-electron chi connectivity index (χ3n) is 2.83. The van der Waals surface area contributed by atoms with E-state index in [4.69, 9.17) is 15.2 Å². The Morgan fingerprint density at radius 1 is 1.29 bits per heavy atom. The second-order valence-electron chi connectivity index (χ2n) is 5.82. The van der Waals surface area contributed by atoms with E-state index in [9.17, 15) is 9.59 Å². The molecule has 1 rings (SSSR count). The van der Waals surface area contributed by atoms with Gasteiger partial charge in [0.15, 0.2) is 0 Å². The quantitative estimate of drug-likeness (QED) is 0.630. The fourth-order valence-corrected chi connectivity index (χ4v) is 2.06. The van der Waals surface area contributed by atoms with Gasteiger partial charge in [-0.25, -0.2) is 4.79 Å². The summed E-state index contributed by atoms with van der Waals surface area (Å²) in [5.74, 6) is -0.921. The van der Waals surface area contributed by atoms with Crippen molar-refractivity contribution in [2.75, 3.05) is 13.2 Å². The lowest BCUT2D eigenvalue weighted by Gasteiger charge is -2.18. The predicted molar refractivity (Wildman–Crippen MR) is 79.8 cm³/mol. The molecule has 0 heterocycles. The Bertz CT molecular complexity index is 473. The van der Waals surface area contributed by atoms with Gasteiger partial charge in [-0.2, -0.15) is 0 Å². The highest BCUT2D eigenvalue weighted by atomic mass is 16.6. The Balaban J connectivity index is 2.77. The van der Waals surface area contributed by atoms with E-state index in [1.54, 1.807) is 27.7 Å². The maximum absolute atomic E-state index is 11.7. The van der Waals surface area contributed by atoms with Gasteiger partial charge >= 0.3 is 11.9 Å². The first kappa shape index (κ1) is 17.2. The lowest BCUT2D eigenvalue weighted by atomic mass is 10.1. The summed E-state index contributed by atoms with van der Waals surface area (Å²) in [4.78, 5) is 27.6. The third-order valence-corrected chi connectivity index (χ3v) is 2.83. The molecular formula is C15H24N2O4. The average molecular weight is 296 g/mol. The minimum atomic E-state index is -0.532. The van der Waals surface area contributed by atoms with E-state index in [0.29, 0.717) is 24.1 Å². The number of hydrogen-bond donors (Lipinski definition) is 1. The monoisotopic (exact) mass is 296 g/mol. The van der Waals surface area contributed by atoms with Crippen LogP contribution >= 0.6 is 0 Å². The van der Waals surface area contributed by atoms with Crippen LogP contribution in [-0.2, 0) is 19.1 Å². The zero-order valence-corrected chi connectivity index (χ0v) is 13.2. The van der Waals surface area contributed by atoms with Crippen molar-refractivity contribution < 1.29 is 19.1 Å². The first-order valence-corrected chi connectivity index (χ1v) is 7.16. The summed E-state index contributed by atoms with van der Waals surface area (Å²) in [6.45, 7) is 7.35. The van der Waals surface area contributed by atoms with Crippen molar-refractivity contribution in [2.24, 2.45) is 10.7 Å². The molecule has 1 aliphatic carbocycles. The van der Waals surface area contributed by atoms with Crippen molar-refractivity contribution in [3.8, 4) is 0 Å². The van der Waals surface area contributed by atoms with Crippen LogP contribution in [0.15, 0.2) is 16.3 Å². The number of carbonyl (C=O) groups excluding carboxylic acids is 2. The van der Waals surface area contributed by atoms with E-state index >= 15 is 0 Å². The summed E-state index contributed by atoms with van der Waals surface area (Å²) in [7, 11) is 0. The van der Waals surface area contributed by atoms with E-state index in [1.165, 1.54) is 0 Å². The molecule has 0 aliphatic heterocycles. The van der Waals surface area contributed by atoms with Gasteiger partial charge in [-0.1, -0.05) is 0 Å². The van der Waals surface area contributed by atoms with Crippen molar-refractivity contribution in [3.63, 3.8) is 0 Å². The molecule has 118 valence electrons. The van der Waals surface area contributed by atoms with Gasteiger partial charge in [0.05, 0.1) is 6.61 Å². The van der Waals surface area contributed by atoms with Crippen LogP contribution in [-0.4, -0.2) is 36.4 Å². The Kier molecular flexibility index (Phi) is 5.93. The van der Waals surface area contributed by atoms with Crippen LogP contribution in [0.5, 0.6) is 0 Å². The summed E-state index contributed by atoms with van der Waals surface area (Å²) in [6, 6.07) is 0. The van der Waals surface area contributed by atoms with Crippen molar-refractivity contribution in [3.05, 3.63) is 11.3 Å². The van der Waals surface area contributed by atoms with Crippen molar-refractivity contribution >= 4 is 17.7 Å². The number of ether oxygens (including phenoxy) is 2. The molecule has 0 bridgehead atoms. The van der Waals surface area contributed by atoms with Gasteiger partial charge in [0.25, 0.3) is 0 Å².